The molecule has 138 valence electrons. The highest BCUT2D eigenvalue weighted by atomic mass is 32.1. The predicted octanol–water partition coefficient (Wildman–Crippen LogP) is 2.36. The number of likely N-dealkylation sites (N-methyl/N-ethyl adjacent to an activating group) is 1. The Kier molecular flexibility index (Phi) is 4.86. The minimum atomic E-state index is 0.150. The van der Waals surface area contributed by atoms with Gasteiger partial charge < -0.3 is 4.90 Å². The summed E-state index contributed by atoms with van der Waals surface area (Å²) < 4.78 is 0. The molecule has 1 saturated carbocycles. The maximum Gasteiger partial charge on any atom is 0.222 e. The van der Waals surface area contributed by atoms with Crippen LogP contribution in [0.3, 0.4) is 0 Å². The lowest BCUT2D eigenvalue weighted by atomic mass is 9.86. The number of thiazole rings is 1. The molecule has 1 unspecified atom stereocenters. The highest BCUT2D eigenvalue weighted by Crippen LogP contribution is 2.35. The van der Waals surface area contributed by atoms with Gasteiger partial charge in [0, 0.05) is 56.6 Å². The first-order chi connectivity index (χ1) is 12.0. The molecular formula is C19H30N4OS. The number of rotatable bonds is 4. The van der Waals surface area contributed by atoms with Gasteiger partial charge in [-0.05, 0) is 45.6 Å². The van der Waals surface area contributed by atoms with E-state index in [1.807, 2.05) is 0 Å². The van der Waals surface area contributed by atoms with Crippen molar-refractivity contribution in [2.24, 2.45) is 5.92 Å². The third-order valence-electron chi connectivity index (χ3n) is 6.31. The van der Waals surface area contributed by atoms with Gasteiger partial charge in [-0.15, -0.1) is 11.3 Å². The van der Waals surface area contributed by atoms with E-state index in [0.717, 1.165) is 63.0 Å². The average molecular weight is 363 g/mol. The molecule has 2 aliphatic heterocycles. The Morgan fingerprint density at radius 3 is 2.84 bits per heavy atom. The number of carbonyl (C=O) groups is 1. The van der Waals surface area contributed by atoms with Gasteiger partial charge in [0.1, 0.15) is 0 Å². The summed E-state index contributed by atoms with van der Waals surface area (Å²) in [5.41, 5.74) is 1.35. The Bertz CT molecular complexity index is 629. The number of aryl methyl sites for hydroxylation is 1. The quantitative estimate of drug-likeness (QED) is 0.824. The summed E-state index contributed by atoms with van der Waals surface area (Å²) >= 11 is 1.74. The zero-order valence-electron chi connectivity index (χ0n) is 15.5. The molecule has 0 radical (unpaired) electrons. The van der Waals surface area contributed by atoms with Crippen LogP contribution in [0.5, 0.6) is 0 Å². The van der Waals surface area contributed by atoms with Gasteiger partial charge in [-0.1, -0.05) is 0 Å². The summed E-state index contributed by atoms with van der Waals surface area (Å²) in [7, 11) is 2.26. The van der Waals surface area contributed by atoms with Crippen LogP contribution in [0.15, 0.2) is 5.38 Å². The van der Waals surface area contributed by atoms with Gasteiger partial charge in [-0.25, -0.2) is 4.98 Å². The second kappa shape index (κ2) is 6.97. The maximum absolute atomic E-state index is 12.6. The van der Waals surface area contributed by atoms with Gasteiger partial charge in [0.2, 0.25) is 5.91 Å². The molecule has 0 bridgehead atoms. The van der Waals surface area contributed by atoms with E-state index in [1.54, 1.807) is 11.3 Å². The van der Waals surface area contributed by atoms with Crippen molar-refractivity contribution >= 4 is 17.2 Å². The molecule has 0 N–H and O–H groups in total. The van der Waals surface area contributed by atoms with Crippen molar-refractivity contribution in [3.05, 3.63) is 16.1 Å². The zero-order chi connectivity index (χ0) is 17.4. The molecule has 0 aromatic carbocycles. The van der Waals surface area contributed by atoms with Crippen LogP contribution in [0.25, 0.3) is 0 Å². The smallest absolute Gasteiger partial charge is 0.222 e. The molecule has 3 aliphatic rings. The van der Waals surface area contributed by atoms with Crippen LogP contribution >= 0.6 is 11.3 Å². The lowest BCUT2D eigenvalue weighted by Crippen LogP contribution is -2.60. The van der Waals surface area contributed by atoms with E-state index in [0.29, 0.717) is 12.3 Å². The first-order valence-corrected chi connectivity index (χ1v) is 10.5. The van der Waals surface area contributed by atoms with Crippen molar-refractivity contribution in [2.45, 2.75) is 51.1 Å². The van der Waals surface area contributed by atoms with Gasteiger partial charge in [0.05, 0.1) is 10.7 Å². The van der Waals surface area contributed by atoms with Crippen LogP contribution in [-0.4, -0.2) is 70.9 Å². The van der Waals surface area contributed by atoms with Crippen LogP contribution in [0.1, 0.15) is 42.8 Å². The van der Waals surface area contributed by atoms with Gasteiger partial charge in [-0.2, -0.15) is 0 Å². The minimum Gasteiger partial charge on any atom is -0.342 e. The van der Waals surface area contributed by atoms with E-state index < -0.39 is 0 Å². The number of amides is 1. The summed E-state index contributed by atoms with van der Waals surface area (Å²) in [4.78, 5) is 24.4. The Labute approximate surface area is 155 Å². The maximum atomic E-state index is 12.6. The molecule has 2 saturated heterocycles. The molecule has 1 amide bonds. The molecule has 1 spiro atoms. The number of hydrogen-bond acceptors (Lipinski definition) is 5. The van der Waals surface area contributed by atoms with E-state index in [4.69, 9.17) is 0 Å². The predicted molar refractivity (Wildman–Crippen MR) is 101 cm³/mol. The molecule has 6 heteroatoms. The van der Waals surface area contributed by atoms with Gasteiger partial charge >= 0.3 is 0 Å². The topological polar surface area (TPSA) is 39.7 Å². The lowest BCUT2D eigenvalue weighted by Gasteiger charge is -2.49. The number of aromatic nitrogens is 1. The average Bonchev–Trinajstić information content (AvgIpc) is 3.34. The second-order valence-corrected chi connectivity index (χ2v) is 9.31. The number of likely N-dealkylation sites (tertiary alicyclic amines) is 1. The molecule has 25 heavy (non-hydrogen) atoms. The molecule has 1 aromatic heterocycles. The molecular weight excluding hydrogens is 332 g/mol. The van der Waals surface area contributed by atoms with Gasteiger partial charge in [-0.3, -0.25) is 14.6 Å². The summed E-state index contributed by atoms with van der Waals surface area (Å²) in [5, 5.41) is 3.34. The van der Waals surface area contributed by atoms with E-state index in [-0.39, 0.29) is 5.54 Å². The molecule has 4 rings (SSSR count). The molecule has 5 nitrogen and oxygen atoms in total. The molecule has 1 atom stereocenters. The molecule has 1 aromatic rings. The van der Waals surface area contributed by atoms with Crippen molar-refractivity contribution < 1.29 is 4.79 Å². The fraction of sp³-hybridized carbons (Fsp3) is 0.789. The van der Waals surface area contributed by atoms with E-state index in [9.17, 15) is 4.79 Å². The number of carbonyl (C=O) groups excluding carboxylic acids is 1. The fourth-order valence-corrected chi connectivity index (χ4v) is 5.03. The molecule has 3 fully saturated rings. The Hall–Kier alpha value is -0.980. The SMILES string of the molecule is Cc1nc(CN2CCN(C)C3(CCC(=O)N(CC4CC4)CC3)C2)cs1. The Morgan fingerprint density at radius 1 is 1.28 bits per heavy atom. The zero-order valence-corrected chi connectivity index (χ0v) is 16.4. The van der Waals surface area contributed by atoms with Crippen molar-refractivity contribution in [3.63, 3.8) is 0 Å². The summed E-state index contributed by atoms with van der Waals surface area (Å²) in [5.74, 6) is 1.16. The third-order valence-corrected chi connectivity index (χ3v) is 7.13. The van der Waals surface area contributed by atoms with Crippen LogP contribution in [0, 0.1) is 12.8 Å². The summed E-state index contributed by atoms with van der Waals surface area (Å²) in [6.07, 6.45) is 5.44. The number of nitrogens with zero attached hydrogens (tertiary/aromatic N) is 4. The van der Waals surface area contributed by atoms with Crippen molar-refractivity contribution in [1.29, 1.82) is 0 Å². The van der Waals surface area contributed by atoms with Crippen molar-refractivity contribution in [2.75, 3.05) is 39.8 Å². The van der Waals surface area contributed by atoms with Crippen LogP contribution in [-0.2, 0) is 11.3 Å². The first-order valence-electron chi connectivity index (χ1n) is 9.66. The van der Waals surface area contributed by atoms with Gasteiger partial charge in [0.25, 0.3) is 0 Å². The fourth-order valence-electron chi connectivity index (χ4n) is 4.43. The minimum absolute atomic E-state index is 0.150. The standard InChI is InChI=1S/C19H30N4OS/c1-15-20-17(13-25-15)12-22-10-9-21(2)19(14-22)6-5-18(24)23(8-7-19)11-16-3-4-16/h13,16H,3-12,14H2,1-2H3. The van der Waals surface area contributed by atoms with Crippen LogP contribution in [0.2, 0.25) is 0 Å². The van der Waals surface area contributed by atoms with Crippen LogP contribution < -0.4 is 0 Å². The Balaban J connectivity index is 1.43. The highest BCUT2D eigenvalue weighted by molar-refractivity contribution is 7.09. The molecule has 1 aliphatic carbocycles. The Morgan fingerprint density at radius 2 is 2.12 bits per heavy atom. The lowest BCUT2D eigenvalue weighted by molar-refractivity contribution is -0.131. The summed E-state index contributed by atoms with van der Waals surface area (Å²) in [6.45, 7) is 8.19. The third kappa shape index (κ3) is 3.91. The van der Waals surface area contributed by atoms with Gasteiger partial charge in [0.15, 0.2) is 0 Å². The van der Waals surface area contributed by atoms with Crippen molar-refractivity contribution in [1.82, 2.24) is 19.7 Å². The first kappa shape index (κ1) is 17.4. The van der Waals surface area contributed by atoms with E-state index >= 15 is 0 Å². The molecule has 3 heterocycles. The van der Waals surface area contributed by atoms with E-state index in [1.165, 1.54) is 18.5 Å². The van der Waals surface area contributed by atoms with E-state index in [2.05, 4.69) is 39.0 Å². The highest BCUT2D eigenvalue weighted by Gasteiger charge is 2.42. The monoisotopic (exact) mass is 362 g/mol. The number of piperazine rings is 1. The normalized spacial score (nSPS) is 29.4. The van der Waals surface area contributed by atoms with Crippen LogP contribution in [0.4, 0.5) is 0 Å². The summed E-state index contributed by atoms with van der Waals surface area (Å²) in [6, 6.07) is 0. The largest absolute Gasteiger partial charge is 0.342 e. The van der Waals surface area contributed by atoms with Crippen molar-refractivity contribution in [3.8, 4) is 0 Å². The second-order valence-electron chi connectivity index (χ2n) is 8.25. The number of hydrogen-bond donors (Lipinski definition) is 0.